The molecule has 0 aliphatic heterocycles. The van der Waals surface area contributed by atoms with E-state index in [0.717, 1.165) is 22.2 Å². The number of ether oxygens (including phenoxy) is 1. The van der Waals surface area contributed by atoms with E-state index in [1.165, 1.54) is 0 Å². The number of rotatable bonds is 3. The monoisotopic (exact) mass is 294 g/mol. The minimum Gasteiger partial charge on any atom is -0.478 e. The molecule has 3 aromatic rings. The number of aryl methyl sites for hydroxylation is 2. The lowest BCUT2D eigenvalue weighted by Gasteiger charge is -2.10. The lowest BCUT2D eigenvalue weighted by molar-refractivity contribution is 0.0694. The average molecular weight is 294 g/mol. The Morgan fingerprint density at radius 1 is 1.00 bits per heavy atom. The fourth-order valence-corrected chi connectivity index (χ4v) is 2.31. The zero-order valence-corrected chi connectivity index (χ0v) is 12.2. The molecule has 5 nitrogen and oxygen atoms in total. The van der Waals surface area contributed by atoms with Crippen molar-refractivity contribution >= 4 is 16.7 Å². The van der Waals surface area contributed by atoms with Gasteiger partial charge in [0.1, 0.15) is 11.3 Å². The first kappa shape index (κ1) is 14.0. The van der Waals surface area contributed by atoms with Crippen LogP contribution in [0.4, 0.5) is 0 Å². The van der Waals surface area contributed by atoms with E-state index in [1.54, 1.807) is 12.1 Å². The number of hydrogen-bond acceptors (Lipinski definition) is 4. The van der Waals surface area contributed by atoms with E-state index in [4.69, 9.17) is 4.74 Å². The molecule has 0 radical (unpaired) electrons. The molecule has 1 heterocycles. The minimum absolute atomic E-state index is 0.0847. The smallest absolute Gasteiger partial charge is 0.339 e. The molecule has 0 aliphatic carbocycles. The second-order valence-corrected chi connectivity index (χ2v) is 5.04. The molecule has 0 atom stereocenters. The Morgan fingerprint density at radius 3 is 2.18 bits per heavy atom. The molecule has 1 aromatic heterocycles. The maximum absolute atomic E-state index is 11.5. The van der Waals surface area contributed by atoms with E-state index >= 15 is 0 Å². The molecule has 0 spiro atoms. The van der Waals surface area contributed by atoms with Crippen LogP contribution in [0.1, 0.15) is 21.7 Å². The molecular weight excluding hydrogens is 280 g/mol. The van der Waals surface area contributed by atoms with E-state index < -0.39 is 5.97 Å². The third kappa shape index (κ3) is 2.74. The van der Waals surface area contributed by atoms with Gasteiger partial charge >= 0.3 is 12.0 Å². The van der Waals surface area contributed by atoms with Crippen LogP contribution in [-0.2, 0) is 0 Å². The van der Waals surface area contributed by atoms with Gasteiger partial charge in [0.2, 0.25) is 0 Å². The second-order valence-electron chi connectivity index (χ2n) is 5.04. The van der Waals surface area contributed by atoms with Crippen LogP contribution in [0, 0.1) is 13.8 Å². The molecule has 0 fully saturated rings. The van der Waals surface area contributed by atoms with Crippen molar-refractivity contribution in [2.75, 3.05) is 0 Å². The molecule has 0 amide bonds. The largest absolute Gasteiger partial charge is 0.478 e. The van der Waals surface area contributed by atoms with E-state index in [1.807, 2.05) is 44.2 Å². The number of carboxylic acid groups (broad SMARTS) is 1. The Bertz CT molecular complexity index is 855. The third-order valence-electron chi connectivity index (χ3n) is 3.24. The normalized spacial score (nSPS) is 10.6. The Labute approximate surface area is 127 Å². The maximum atomic E-state index is 11.5. The maximum Gasteiger partial charge on any atom is 0.339 e. The Hall–Kier alpha value is -2.95. The average Bonchev–Trinajstić information content (AvgIpc) is 2.45. The van der Waals surface area contributed by atoms with Gasteiger partial charge in [0, 0.05) is 11.4 Å². The van der Waals surface area contributed by atoms with Crippen molar-refractivity contribution in [2.24, 2.45) is 0 Å². The molecule has 0 aliphatic rings. The van der Waals surface area contributed by atoms with Crippen LogP contribution in [-0.4, -0.2) is 21.0 Å². The number of carboxylic acids is 1. The number of aromatic carboxylic acids is 1. The molecule has 5 heteroatoms. The lowest BCUT2D eigenvalue weighted by Crippen LogP contribution is -2.02. The van der Waals surface area contributed by atoms with Crippen LogP contribution in [0.15, 0.2) is 42.5 Å². The fraction of sp³-hybridized carbons (Fsp3) is 0.118. The summed E-state index contributed by atoms with van der Waals surface area (Å²) in [6.07, 6.45) is 0. The third-order valence-corrected chi connectivity index (χ3v) is 3.24. The fourth-order valence-electron chi connectivity index (χ4n) is 2.31. The molecule has 0 saturated carbocycles. The van der Waals surface area contributed by atoms with Gasteiger partial charge in [0.05, 0.1) is 0 Å². The van der Waals surface area contributed by atoms with Crippen molar-refractivity contribution in [1.82, 2.24) is 9.97 Å². The first-order valence-electron chi connectivity index (χ1n) is 6.79. The van der Waals surface area contributed by atoms with Gasteiger partial charge in [-0.25, -0.2) is 14.8 Å². The first-order chi connectivity index (χ1) is 10.5. The van der Waals surface area contributed by atoms with Crippen LogP contribution >= 0.6 is 0 Å². The number of fused-ring (bicyclic) bond motifs is 1. The van der Waals surface area contributed by atoms with Gasteiger partial charge in [-0.2, -0.15) is 0 Å². The first-order valence-corrected chi connectivity index (χ1v) is 6.79. The van der Waals surface area contributed by atoms with E-state index in [2.05, 4.69) is 9.97 Å². The molecular formula is C17H14N2O3. The molecule has 0 unspecified atom stereocenters. The van der Waals surface area contributed by atoms with E-state index in [-0.39, 0.29) is 17.3 Å². The Balaban J connectivity index is 2.12. The van der Waals surface area contributed by atoms with Gasteiger partial charge in [-0.05, 0) is 42.8 Å². The van der Waals surface area contributed by atoms with Gasteiger partial charge in [0.25, 0.3) is 0 Å². The zero-order chi connectivity index (χ0) is 15.7. The minimum atomic E-state index is -1.05. The van der Waals surface area contributed by atoms with E-state index in [0.29, 0.717) is 0 Å². The molecule has 0 saturated heterocycles. The van der Waals surface area contributed by atoms with Gasteiger partial charge < -0.3 is 9.84 Å². The number of aromatic nitrogens is 2. The van der Waals surface area contributed by atoms with Crippen molar-refractivity contribution < 1.29 is 14.6 Å². The second kappa shape index (κ2) is 5.44. The summed E-state index contributed by atoms with van der Waals surface area (Å²) in [5, 5.41) is 11.1. The summed E-state index contributed by atoms with van der Waals surface area (Å²) >= 11 is 0. The van der Waals surface area contributed by atoms with Crippen molar-refractivity contribution in [3.63, 3.8) is 0 Å². The highest BCUT2D eigenvalue weighted by Gasteiger charge is 2.15. The van der Waals surface area contributed by atoms with Crippen LogP contribution in [0.5, 0.6) is 11.8 Å². The SMILES string of the molecule is Cc1cc(C)nc(Oc2cc3ccccc3cc2C(=O)O)n1. The van der Waals surface area contributed by atoms with Gasteiger partial charge in [0.15, 0.2) is 0 Å². The summed E-state index contributed by atoms with van der Waals surface area (Å²) in [6.45, 7) is 3.67. The quantitative estimate of drug-likeness (QED) is 0.796. The Kier molecular flexibility index (Phi) is 3.47. The summed E-state index contributed by atoms with van der Waals surface area (Å²) in [4.78, 5) is 19.8. The van der Waals surface area contributed by atoms with Crippen LogP contribution in [0.25, 0.3) is 10.8 Å². The van der Waals surface area contributed by atoms with Gasteiger partial charge in [-0.1, -0.05) is 24.3 Å². The van der Waals surface area contributed by atoms with Crippen molar-refractivity contribution in [2.45, 2.75) is 13.8 Å². The predicted octanol–water partition coefficient (Wildman–Crippen LogP) is 3.74. The standard InChI is InChI=1S/C17H14N2O3/c1-10-7-11(2)19-17(18-10)22-15-9-13-6-4-3-5-12(13)8-14(15)16(20)21/h3-9H,1-2H3,(H,20,21). The van der Waals surface area contributed by atoms with Crippen LogP contribution in [0.2, 0.25) is 0 Å². The molecule has 0 bridgehead atoms. The Morgan fingerprint density at radius 2 is 1.59 bits per heavy atom. The molecule has 3 rings (SSSR count). The van der Waals surface area contributed by atoms with Gasteiger partial charge in [-0.15, -0.1) is 0 Å². The van der Waals surface area contributed by atoms with Crippen molar-refractivity contribution in [1.29, 1.82) is 0 Å². The summed E-state index contributed by atoms with van der Waals surface area (Å²) in [7, 11) is 0. The summed E-state index contributed by atoms with van der Waals surface area (Å²) < 4.78 is 5.64. The van der Waals surface area contributed by atoms with Crippen molar-refractivity contribution in [3.05, 3.63) is 59.4 Å². The van der Waals surface area contributed by atoms with Crippen LogP contribution < -0.4 is 4.74 Å². The number of carbonyl (C=O) groups is 1. The molecule has 1 N–H and O–H groups in total. The highest BCUT2D eigenvalue weighted by atomic mass is 16.5. The summed E-state index contributed by atoms with van der Waals surface area (Å²) in [5.74, 6) is -0.818. The number of benzene rings is 2. The predicted molar refractivity (Wildman–Crippen MR) is 82.5 cm³/mol. The summed E-state index contributed by atoms with van der Waals surface area (Å²) in [6, 6.07) is 12.8. The highest BCUT2D eigenvalue weighted by Crippen LogP contribution is 2.29. The molecule has 22 heavy (non-hydrogen) atoms. The molecule has 2 aromatic carbocycles. The molecule has 110 valence electrons. The van der Waals surface area contributed by atoms with Gasteiger partial charge in [-0.3, -0.25) is 0 Å². The number of nitrogens with zero attached hydrogens (tertiary/aromatic N) is 2. The van der Waals surface area contributed by atoms with E-state index in [9.17, 15) is 9.90 Å². The number of hydrogen-bond donors (Lipinski definition) is 1. The zero-order valence-electron chi connectivity index (χ0n) is 12.2. The van der Waals surface area contributed by atoms with Crippen molar-refractivity contribution in [3.8, 4) is 11.8 Å². The lowest BCUT2D eigenvalue weighted by atomic mass is 10.1. The van der Waals surface area contributed by atoms with Crippen LogP contribution in [0.3, 0.4) is 0 Å². The highest BCUT2D eigenvalue weighted by molar-refractivity contribution is 5.97. The topological polar surface area (TPSA) is 72.3 Å². The summed E-state index contributed by atoms with van der Waals surface area (Å²) in [5.41, 5.74) is 1.61.